The van der Waals surface area contributed by atoms with Crippen molar-refractivity contribution >= 4 is 12.0 Å². The number of esters is 1. The number of aromatic hydroxyl groups is 1. The van der Waals surface area contributed by atoms with Crippen molar-refractivity contribution in [2.24, 2.45) is 0 Å². The summed E-state index contributed by atoms with van der Waals surface area (Å²) >= 11 is 0. The number of phenols is 1. The topological polar surface area (TPSA) is 96.9 Å². The molecule has 0 fully saturated rings. The van der Waals surface area contributed by atoms with E-state index in [-0.39, 0.29) is 11.5 Å². The summed E-state index contributed by atoms with van der Waals surface area (Å²) in [7, 11) is 2.71. The number of nitrogens with one attached hydrogen (secondary N) is 2. The molecule has 0 saturated carbocycles. The quantitative estimate of drug-likeness (QED) is 0.734. The minimum atomic E-state index is -0.675. The number of benzene rings is 1. The maximum absolute atomic E-state index is 12.1. The zero-order chi connectivity index (χ0) is 16.3. The molecule has 2 amide bonds. The number of rotatable bonds is 4. The monoisotopic (exact) mass is 306 g/mol. The van der Waals surface area contributed by atoms with Crippen molar-refractivity contribution in [3.05, 3.63) is 35.0 Å². The van der Waals surface area contributed by atoms with Crippen LogP contribution in [0.3, 0.4) is 0 Å². The summed E-state index contributed by atoms with van der Waals surface area (Å²) in [5.74, 6) is -0.292. The van der Waals surface area contributed by atoms with Crippen molar-refractivity contribution in [3.8, 4) is 11.5 Å². The average Bonchev–Trinajstić information content (AvgIpc) is 2.53. The van der Waals surface area contributed by atoms with Crippen molar-refractivity contribution in [1.82, 2.24) is 10.6 Å². The molecule has 0 radical (unpaired) electrons. The Morgan fingerprint density at radius 3 is 2.68 bits per heavy atom. The summed E-state index contributed by atoms with van der Waals surface area (Å²) in [5, 5.41) is 15.0. The summed E-state index contributed by atoms with van der Waals surface area (Å²) in [5.41, 5.74) is 1.45. The molecule has 0 aliphatic carbocycles. The Morgan fingerprint density at radius 2 is 2.09 bits per heavy atom. The molecule has 3 N–H and O–H groups in total. The van der Waals surface area contributed by atoms with E-state index in [1.807, 2.05) is 6.92 Å². The highest BCUT2D eigenvalue weighted by atomic mass is 16.5. The van der Waals surface area contributed by atoms with Gasteiger partial charge in [0.25, 0.3) is 0 Å². The number of ether oxygens (including phenoxy) is 2. The smallest absolute Gasteiger partial charge is 0.337 e. The number of carbonyl (C=O) groups excluding carboxylic acids is 2. The van der Waals surface area contributed by atoms with E-state index in [9.17, 15) is 14.7 Å². The average molecular weight is 306 g/mol. The van der Waals surface area contributed by atoms with Crippen molar-refractivity contribution in [2.75, 3.05) is 14.2 Å². The number of hydrogen-bond donors (Lipinski definition) is 3. The van der Waals surface area contributed by atoms with Crippen LogP contribution in [0, 0.1) is 0 Å². The van der Waals surface area contributed by atoms with Crippen LogP contribution in [0.2, 0.25) is 0 Å². The predicted octanol–water partition coefficient (Wildman–Crippen LogP) is 1.59. The van der Waals surface area contributed by atoms with Crippen LogP contribution in [0.5, 0.6) is 11.5 Å². The minimum absolute atomic E-state index is 0.0224. The summed E-state index contributed by atoms with van der Waals surface area (Å²) in [6.07, 6.45) is 0.476. The van der Waals surface area contributed by atoms with E-state index < -0.39 is 18.0 Å². The number of methoxy groups -OCH3 is 2. The highest BCUT2D eigenvalue weighted by Crippen LogP contribution is 2.34. The lowest BCUT2D eigenvalue weighted by Gasteiger charge is -2.29. The van der Waals surface area contributed by atoms with Crippen LogP contribution >= 0.6 is 0 Å². The second-order valence-corrected chi connectivity index (χ2v) is 4.70. The minimum Gasteiger partial charge on any atom is -0.504 e. The van der Waals surface area contributed by atoms with Crippen LogP contribution in [-0.2, 0) is 9.53 Å². The normalized spacial score (nSPS) is 17.6. The van der Waals surface area contributed by atoms with Gasteiger partial charge in [0.2, 0.25) is 0 Å². The first kappa shape index (κ1) is 15.7. The fourth-order valence-corrected chi connectivity index (χ4v) is 2.37. The van der Waals surface area contributed by atoms with Crippen LogP contribution in [0.25, 0.3) is 0 Å². The molecule has 1 aliphatic rings. The van der Waals surface area contributed by atoms with E-state index in [0.29, 0.717) is 23.3 Å². The van der Waals surface area contributed by atoms with Gasteiger partial charge in [-0.1, -0.05) is 13.0 Å². The van der Waals surface area contributed by atoms with Gasteiger partial charge in [-0.05, 0) is 24.1 Å². The Labute approximate surface area is 127 Å². The summed E-state index contributed by atoms with van der Waals surface area (Å²) in [6.45, 7) is 1.83. The molecule has 1 unspecified atom stereocenters. The van der Waals surface area contributed by atoms with E-state index in [1.54, 1.807) is 12.1 Å². The Hall–Kier alpha value is -2.70. The Morgan fingerprint density at radius 1 is 1.36 bits per heavy atom. The van der Waals surface area contributed by atoms with E-state index in [0.717, 1.165) is 0 Å². The zero-order valence-corrected chi connectivity index (χ0v) is 12.6. The molecule has 1 aliphatic heterocycles. The van der Waals surface area contributed by atoms with Gasteiger partial charge in [0.1, 0.15) is 0 Å². The van der Waals surface area contributed by atoms with Gasteiger partial charge in [-0.15, -0.1) is 0 Å². The largest absolute Gasteiger partial charge is 0.504 e. The second-order valence-electron chi connectivity index (χ2n) is 4.70. The Bertz CT molecular complexity index is 639. The van der Waals surface area contributed by atoms with Crippen LogP contribution in [0.4, 0.5) is 4.79 Å². The molecule has 0 saturated heterocycles. The maximum atomic E-state index is 12.1. The summed E-state index contributed by atoms with van der Waals surface area (Å²) < 4.78 is 9.89. The van der Waals surface area contributed by atoms with E-state index >= 15 is 0 Å². The van der Waals surface area contributed by atoms with Crippen molar-refractivity contribution in [3.63, 3.8) is 0 Å². The van der Waals surface area contributed by atoms with Crippen LogP contribution < -0.4 is 15.4 Å². The Kier molecular flexibility index (Phi) is 4.55. The molecule has 22 heavy (non-hydrogen) atoms. The number of phenolic OH excluding ortho intramolecular Hbond substituents is 1. The lowest BCUT2D eigenvalue weighted by Crippen LogP contribution is -2.45. The van der Waals surface area contributed by atoms with Crippen LogP contribution in [0.15, 0.2) is 29.5 Å². The molecular formula is C15H18N2O5. The first-order chi connectivity index (χ1) is 10.5. The van der Waals surface area contributed by atoms with Crippen LogP contribution in [0.1, 0.15) is 24.9 Å². The fraction of sp³-hybridized carbons (Fsp3) is 0.333. The lowest BCUT2D eigenvalue weighted by atomic mass is 9.94. The van der Waals surface area contributed by atoms with Gasteiger partial charge in [-0.25, -0.2) is 9.59 Å². The highest BCUT2D eigenvalue weighted by molar-refractivity contribution is 5.95. The maximum Gasteiger partial charge on any atom is 0.337 e. The van der Waals surface area contributed by atoms with Gasteiger partial charge in [0, 0.05) is 5.70 Å². The van der Waals surface area contributed by atoms with Gasteiger partial charge in [0.05, 0.1) is 25.8 Å². The fourth-order valence-electron chi connectivity index (χ4n) is 2.37. The third kappa shape index (κ3) is 2.83. The molecule has 1 aromatic carbocycles. The molecule has 0 bridgehead atoms. The SMILES string of the molecule is CCC1=C(C(=O)OC)C(c2ccc(O)c(OC)c2)NC(=O)N1. The molecule has 7 heteroatoms. The highest BCUT2D eigenvalue weighted by Gasteiger charge is 2.33. The standard InChI is InChI=1S/C15H18N2O5/c1-4-9-12(14(19)22-3)13(17-15(20)16-9)8-5-6-10(18)11(7-8)21-2/h5-7,13,18H,4H2,1-3H3,(H2,16,17,20). The van der Waals surface area contributed by atoms with Crippen molar-refractivity contribution in [2.45, 2.75) is 19.4 Å². The molecule has 1 atom stereocenters. The molecule has 2 rings (SSSR count). The molecule has 1 aromatic rings. The second kappa shape index (κ2) is 6.38. The first-order valence-corrected chi connectivity index (χ1v) is 6.77. The van der Waals surface area contributed by atoms with E-state index in [4.69, 9.17) is 9.47 Å². The van der Waals surface area contributed by atoms with Crippen LogP contribution in [-0.4, -0.2) is 31.3 Å². The number of urea groups is 1. The van der Waals surface area contributed by atoms with Gasteiger partial charge in [0.15, 0.2) is 11.5 Å². The first-order valence-electron chi connectivity index (χ1n) is 6.77. The van der Waals surface area contributed by atoms with Gasteiger partial charge < -0.3 is 25.2 Å². The number of carbonyl (C=O) groups is 2. The Balaban J connectivity index is 2.54. The zero-order valence-electron chi connectivity index (χ0n) is 12.6. The number of amides is 2. The van der Waals surface area contributed by atoms with Crippen molar-refractivity contribution in [1.29, 1.82) is 0 Å². The predicted molar refractivity (Wildman–Crippen MR) is 78.4 cm³/mol. The lowest BCUT2D eigenvalue weighted by molar-refractivity contribution is -0.136. The van der Waals surface area contributed by atoms with Gasteiger partial charge in [-0.2, -0.15) is 0 Å². The third-order valence-electron chi connectivity index (χ3n) is 3.45. The number of allylic oxidation sites excluding steroid dienone is 1. The molecule has 118 valence electrons. The molecule has 0 spiro atoms. The summed E-state index contributed by atoms with van der Waals surface area (Å²) in [4.78, 5) is 23.9. The molecule has 7 nitrogen and oxygen atoms in total. The van der Waals surface area contributed by atoms with Gasteiger partial charge >= 0.3 is 12.0 Å². The molecule has 0 aromatic heterocycles. The molecular weight excluding hydrogens is 288 g/mol. The van der Waals surface area contributed by atoms with Crippen molar-refractivity contribution < 1.29 is 24.2 Å². The van der Waals surface area contributed by atoms with Gasteiger partial charge in [-0.3, -0.25) is 0 Å². The number of hydrogen-bond acceptors (Lipinski definition) is 5. The molecule has 1 heterocycles. The van der Waals surface area contributed by atoms with E-state index in [2.05, 4.69) is 10.6 Å². The van der Waals surface area contributed by atoms with E-state index in [1.165, 1.54) is 20.3 Å². The summed E-state index contributed by atoms with van der Waals surface area (Å²) in [6, 6.07) is 3.56. The third-order valence-corrected chi connectivity index (χ3v) is 3.45.